The van der Waals surface area contributed by atoms with E-state index in [0.717, 1.165) is 16.8 Å². The summed E-state index contributed by atoms with van der Waals surface area (Å²) in [5.74, 6) is -0.136. The number of nitrogens with zero attached hydrogens (tertiary/aromatic N) is 1. The lowest BCUT2D eigenvalue weighted by Crippen LogP contribution is -2.35. The first-order chi connectivity index (χ1) is 12.1. The number of carbonyl (C=O) groups excluding carboxylic acids is 1. The lowest BCUT2D eigenvalue weighted by Gasteiger charge is -2.21. The highest BCUT2D eigenvalue weighted by Gasteiger charge is 2.29. The molecule has 2 N–H and O–H groups in total. The fourth-order valence-electron chi connectivity index (χ4n) is 3.09. The maximum absolute atomic E-state index is 12.8. The first-order valence-electron chi connectivity index (χ1n) is 8.23. The van der Waals surface area contributed by atoms with Gasteiger partial charge in [0.25, 0.3) is 5.91 Å². The van der Waals surface area contributed by atoms with Crippen LogP contribution in [-0.2, 0) is 4.84 Å². The normalized spacial score (nSPS) is 16.7. The van der Waals surface area contributed by atoms with Crippen LogP contribution < -0.4 is 5.48 Å². The lowest BCUT2D eigenvalue weighted by atomic mass is 9.99. The molecule has 0 aromatic heterocycles. The Labute approximate surface area is 147 Å². The lowest BCUT2D eigenvalue weighted by molar-refractivity contribution is 0.0730. The number of nitrogens with one attached hydrogen (secondary N) is 1. The molecule has 1 aliphatic rings. The summed E-state index contributed by atoms with van der Waals surface area (Å²) in [6.07, 6.45) is 2.24. The van der Waals surface area contributed by atoms with E-state index in [9.17, 15) is 9.90 Å². The van der Waals surface area contributed by atoms with Gasteiger partial charge in [0.1, 0.15) is 0 Å². The third-order valence-electron chi connectivity index (χ3n) is 4.41. The van der Waals surface area contributed by atoms with Gasteiger partial charge in [-0.3, -0.25) is 15.1 Å². The van der Waals surface area contributed by atoms with E-state index in [1.807, 2.05) is 36.4 Å². The van der Waals surface area contributed by atoms with Crippen molar-refractivity contribution in [2.24, 2.45) is 0 Å². The van der Waals surface area contributed by atoms with Crippen LogP contribution in [-0.4, -0.2) is 35.7 Å². The zero-order valence-corrected chi connectivity index (χ0v) is 14.4. The summed E-state index contributed by atoms with van der Waals surface area (Å²) in [5, 5.41) is 9.55. The number of rotatable bonds is 5. The molecule has 0 bridgehead atoms. The molecule has 5 heteroatoms. The summed E-state index contributed by atoms with van der Waals surface area (Å²) >= 11 is 0. The van der Waals surface area contributed by atoms with E-state index in [2.05, 4.69) is 24.5 Å². The van der Waals surface area contributed by atoms with Gasteiger partial charge >= 0.3 is 0 Å². The smallest absolute Gasteiger partial charge is 0.258 e. The van der Waals surface area contributed by atoms with Gasteiger partial charge in [-0.2, -0.15) is 0 Å². The van der Waals surface area contributed by atoms with Crippen molar-refractivity contribution in [2.75, 3.05) is 13.7 Å². The Kier molecular flexibility index (Phi) is 5.16. The molecule has 5 nitrogen and oxygen atoms in total. The molecule has 2 aromatic carbocycles. The Morgan fingerprint density at radius 3 is 2.60 bits per heavy atom. The summed E-state index contributed by atoms with van der Waals surface area (Å²) in [5.41, 5.74) is 7.52. The average Bonchev–Trinajstić information content (AvgIpc) is 3.05. The topological polar surface area (TPSA) is 61.8 Å². The second kappa shape index (κ2) is 7.51. The van der Waals surface area contributed by atoms with Crippen molar-refractivity contribution >= 4 is 5.91 Å². The molecule has 1 amide bonds. The van der Waals surface area contributed by atoms with E-state index in [-0.39, 0.29) is 18.6 Å². The third-order valence-corrected chi connectivity index (χ3v) is 4.41. The number of aliphatic hydroxyl groups is 1. The first-order valence-corrected chi connectivity index (χ1v) is 8.23. The largest absolute Gasteiger partial charge is 0.394 e. The number of carbonyl (C=O) groups is 1. The highest BCUT2D eigenvalue weighted by atomic mass is 16.6. The van der Waals surface area contributed by atoms with Gasteiger partial charge < -0.3 is 10.0 Å². The maximum Gasteiger partial charge on any atom is 0.258 e. The van der Waals surface area contributed by atoms with E-state index in [1.54, 1.807) is 11.1 Å². The molecule has 0 saturated carbocycles. The van der Waals surface area contributed by atoms with E-state index in [4.69, 9.17) is 4.84 Å². The number of benzene rings is 2. The van der Waals surface area contributed by atoms with Gasteiger partial charge in [0.15, 0.2) is 0 Å². The second-order valence-electron chi connectivity index (χ2n) is 6.11. The van der Waals surface area contributed by atoms with Crippen LogP contribution in [0.25, 0.3) is 11.1 Å². The monoisotopic (exact) mass is 338 g/mol. The van der Waals surface area contributed by atoms with Crippen LogP contribution in [0.5, 0.6) is 0 Å². The molecule has 0 saturated heterocycles. The van der Waals surface area contributed by atoms with Gasteiger partial charge in [-0.15, -0.1) is 0 Å². The molecular formula is C20H22N2O3. The molecule has 25 heavy (non-hydrogen) atoms. The van der Waals surface area contributed by atoms with Gasteiger partial charge in [0.05, 0.1) is 25.5 Å². The zero-order valence-electron chi connectivity index (χ0n) is 14.4. The molecule has 1 heterocycles. The number of amides is 1. The van der Waals surface area contributed by atoms with E-state index in [0.29, 0.717) is 12.0 Å². The van der Waals surface area contributed by atoms with Gasteiger partial charge in [0.2, 0.25) is 0 Å². The predicted molar refractivity (Wildman–Crippen MR) is 96.5 cm³/mol. The summed E-state index contributed by atoms with van der Waals surface area (Å²) in [7, 11) is 1.52. The SMILES string of the molecule is CONC1=CN(C(=O)c2ccc(-c3ccccc3C)cc2)C(CO)C1. The molecule has 0 spiro atoms. The van der Waals surface area contributed by atoms with Crippen molar-refractivity contribution in [1.82, 2.24) is 10.4 Å². The Hall–Kier alpha value is -2.63. The van der Waals surface area contributed by atoms with Gasteiger partial charge in [-0.05, 0) is 35.7 Å². The zero-order chi connectivity index (χ0) is 17.8. The molecule has 3 rings (SSSR count). The predicted octanol–water partition coefficient (Wildman–Crippen LogP) is 2.86. The number of hydroxylamine groups is 1. The molecule has 0 aliphatic carbocycles. The van der Waals surface area contributed by atoms with Gasteiger partial charge in [-0.25, -0.2) is 0 Å². The summed E-state index contributed by atoms with van der Waals surface area (Å²) in [6.45, 7) is 1.97. The van der Waals surface area contributed by atoms with Crippen molar-refractivity contribution in [3.05, 3.63) is 71.6 Å². The van der Waals surface area contributed by atoms with Gasteiger partial charge in [-0.1, -0.05) is 36.4 Å². The average molecular weight is 338 g/mol. The minimum absolute atomic E-state index is 0.0988. The molecular weight excluding hydrogens is 316 g/mol. The van der Waals surface area contributed by atoms with Gasteiger partial charge in [0, 0.05) is 18.2 Å². The van der Waals surface area contributed by atoms with Crippen LogP contribution in [0.3, 0.4) is 0 Å². The number of hydrogen-bond donors (Lipinski definition) is 2. The number of aryl methyl sites for hydroxylation is 1. The summed E-state index contributed by atoms with van der Waals surface area (Å²) in [4.78, 5) is 19.2. The van der Waals surface area contributed by atoms with Crippen LogP contribution in [0.15, 0.2) is 60.4 Å². The molecule has 1 aliphatic heterocycles. The highest BCUT2D eigenvalue weighted by Crippen LogP contribution is 2.26. The van der Waals surface area contributed by atoms with Crippen LogP contribution >= 0.6 is 0 Å². The Morgan fingerprint density at radius 1 is 1.24 bits per heavy atom. The minimum atomic E-state index is -0.277. The highest BCUT2D eigenvalue weighted by molar-refractivity contribution is 5.96. The van der Waals surface area contributed by atoms with Crippen LogP contribution in [0.2, 0.25) is 0 Å². The second-order valence-corrected chi connectivity index (χ2v) is 6.11. The number of hydrogen-bond acceptors (Lipinski definition) is 4. The van der Waals surface area contributed by atoms with Crippen molar-refractivity contribution < 1.29 is 14.7 Å². The molecule has 1 unspecified atom stereocenters. The van der Waals surface area contributed by atoms with Crippen molar-refractivity contribution in [2.45, 2.75) is 19.4 Å². The molecule has 0 radical (unpaired) electrons. The first kappa shape index (κ1) is 17.2. The van der Waals surface area contributed by atoms with Crippen LogP contribution in [0, 0.1) is 6.92 Å². The van der Waals surface area contributed by atoms with E-state index >= 15 is 0 Å². The van der Waals surface area contributed by atoms with Crippen LogP contribution in [0.4, 0.5) is 0 Å². The van der Waals surface area contributed by atoms with Crippen LogP contribution in [0.1, 0.15) is 22.3 Å². The van der Waals surface area contributed by atoms with Crippen molar-refractivity contribution in [3.63, 3.8) is 0 Å². The van der Waals surface area contributed by atoms with Crippen molar-refractivity contribution in [3.8, 4) is 11.1 Å². The minimum Gasteiger partial charge on any atom is -0.394 e. The fraction of sp³-hybridized carbons (Fsp3) is 0.250. The van der Waals surface area contributed by atoms with E-state index < -0.39 is 0 Å². The fourth-order valence-corrected chi connectivity index (χ4v) is 3.09. The Balaban J connectivity index is 1.82. The van der Waals surface area contributed by atoms with E-state index in [1.165, 1.54) is 12.7 Å². The molecule has 2 aromatic rings. The quantitative estimate of drug-likeness (QED) is 0.823. The Morgan fingerprint density at radius 2 is 1.96 bits per heavy atom. The molecule has 0 fully saturated rings. The molecule has 1 atom stereocenters. The standard InChI is InChI=1S/C20H22N2O3/c1-14-5-3-4-6-19(14)15-7-9-16(10-8-15)20(24)22-12-17(21-25-2)11-18(22)13-23/h3-10,12,18,21,23H,11,13H2,1-2H3. The molecule has 130 valence electrons. The maximum atomic E-state index is 12.8. The third kappa shape index (κ3) is 3.57. The summed E-state index contributed by atoms with van der Waals surface area (Å²) in [6, 6.07) is 15.4. The van der Waals surface area contributed by atoms with Crippen molar-refractivity contribution in [1.29, 1.82) is 0 Å². The Bertz CT molecular complexity index is 784. The number of aliphatic hydroxyl groups excluding tert-OH is 1. The summed E-state index contributed by atoms with van der Waals surface area (Å²) < 4.78 is 0.